The van der Waals surface area contributed by atoms with Gasteiger partial charge in [-0.1, -0.05) is 38.8 Å². The van der Waals surface area contributed by atoms with Crippen LogP contribution in [0.25, 0.3) is 11.1 Å². The van der Waals surface area contributed by atoms with E-state index in [0.717, 1.165) is 17.5 Å². The number of amides is 1. The quantitative estimate of drug-likeness (QED) is 0.939. The molecule has 118 valence electrons. The van der Waals surface area contributed by atoms with E-state index in [1.165, 1.54) is 19.3 Å². The molecule has 1 fully saturated rings. The maximum Gasteiger partial charge on any atom is 0.257 e. The summed E-state index contributed by atoms with van der Waals surface area (Å²) >= 11 is 0. The summed E-state index contributed by atoms with van der Waals surface area (Å²) in [6, 6.07) is 2.11. The van der Waals surface area contributed by atoms with Gasteiger partial charge in [-0.3, -0.25) is 4.79 Å². The Labute approximate surface area is 130 Å². The Balaban J connectivity index is 1.83. The third-order valence-corrected chi connectivity index (χ3v) is 4.59. The maximum atomic E-state index is 12.5. The van der Waals surface area contributed by atoms with Crippen molar-refractivity contribution in [2.75, 3.05) is 0 Å². The van der Waals surface area contributed by atoms with Gasteiger partial charge < -0.3 is 9.84 Å². The van der Waals surface area contributed by atoms with Crippen molar-refractivity contribution in [3.63, 3.8) is 0 Å². The zero-order chi connectivity index (χ0) is 15.7. The molecule has 0 spiro atoms. The van der Waals surface area contributed by atoms with Crippen molar-refractivity contribution in [1.82, 2.24) is 15.5 Å². The van der Waals surface area contributed by atoms with Gasteiger partial charge >= 0.3 is 0 Å². The molecule has 5 heteroatoms. The predicted octanol–water partition coefficient (Wildman–Crippen LogP) is 3.65. The molecule has 22 heavy (non-hydrogen) atoms. The van der Waals surface area contributed by atoms with Gasteiger partial charge in [-0.2, -0.15) is 0 Å². The first-order valence-electron chi connectivity index (χ1n) is 8.12. The van der Waals surface area contributed by atoms with Gasteiger partial charge in [-0.15, -0.1) is 0 Å². The Kier molecular flexibility index (Phi) is 4.14. The number of rotatable bonds is 3. The lowest BCUT2D eigenvalue weighted by Crippen LogP contribution is -2.41. The van der Waals surface area contributed by atoms with Crippen LogP contribution in [0.4, 0.5) is 0 Å². The first-order valence-corrected chi connectivity index (χ1v) is 8.12. The second-order valence-corrected chi connectivity index (χ2v) is 6.64. The smallest absolute Gasteiger partial charge is 0.257 e. The van der Waals surface area contributed by atoms with Gasteiger partial charge in [0.05, 0.1) is 16.6 Å². The van der Waals surface area contributed by atoms with E-state index in [9.17, 15) is 4.79 Å². The number of nitrogens with one attached hydrogen (secondary N) is 1. The highest BCUT2D eigenvalue weighted by Crippen LogP contribution is 2.26. The van der Waals surface area contributed by atoms with Crippen molar-refractivity contribution in [2.24, 2.45) is 5.92 Å². The zero-order valence-electron chi connectivity index (χ0n) is 13.4. The number of aromatic nitrogens is 2. The van der Waals surface area contributed by atoms with E-state index in [1.807, 2.05) is 19.9 Å². The normalized spacial score (nSPS) is 22.2. The van der Waals surface area contributed by atoms with Gasteiger partial charge in [0, 0.05) is 12.2 Å². The molecule has 5 nitrogen and oxygen atoms in total. The van der Waals surface area contributed by atoms with E-state index in [-0.39, 0.29) is 17.9 Å². The molecule has 2 aromatic rings. The molecule has 1 saturated carbocycles. The van der Waals surface area contributed by atoms with Crippen LogP contribution in [0, 0.1) is 5.92 Å². The molecule has 0 bridgehead atoms. The summed E-state index contributed by atoms with van der Waals surface area (Å²) in [6.45, 7) is 6.31. The molecule has 2 heterocycles. The van der Waals surface area contributed by atoms with Crippen molar-refractivity contribution in [1.29, 1.82) is 0 Å². The van der Waals surface area contributed by atoms with E-state index < -0.39 is 0 Å². The van der Waals surface area contributed by atoms with Gasteiger partial charge in [-0.25, -0.2) is 4.98 Å². The average molecular weight is 301 g/mol. The first kappa shape index (κ1) is 15.0. The lowest BCUT2D eigenvalue weighted by atomic mass is 9.86. The fourth-order valence-corrected chi connectivity index (χ4v) is 3.17. The predicted molar refractivity (Wildman–Crippen MR) is 84.8 cm³/mol. The average Bonchev–Trinajstić information content (AvgIpc) is 2.92. The van der Waals surface area contributed by atoms with Crippen LogP contribution < -0.4 is 5.32 Å². The second kappa shape index (κ2) is 6.07. The molecule has 0 saturated heterocycles. The van der Waals surface area contributed by atoms with Crippen LogP contribution in [-0.4, -0.2) is 22.1 Å². The number of fused-ring (bicyclic) bond motifs is 1. The molecule has 2 atom stereocenters. The van der Waals surface area contributed by atoms with E-state index in [2.05, 4.69) is 22.4 Å². The number of carbonyl (C=O) groups is 1. The minimum atomic E-state index is -0.0518. The Morgan fingerprint density at radius 1 is 1.36 bits per heavy atom. The maximum absolute atomic E-state index is 12.5. The summed E-state index contributed by atoms with van der Waals surface area (Å²) in [5.41, 5.74) is 1.92. The molecule has 1 N–H and O–H groups in total. The fourth-order valence-electron chi connectivity index (χ4n) is 3.17. The van der Waals surface area contributed by atoms with Crippen LogP contribution in [0.1, 0.15) is 68.4 Å². The summed E-state index contributed by atoms with van der Waals surface area (Å²) in [7, 11) is 0. The lowest BCUT2D eigenvalue weighted by molar-refractivity contribution is 0.0910. The third-order valence-electron chi connectivity index (χ3n) is 4.59. The van der Waals surface area contributed by atoms with Crippen LogP contribution in [0.3, 0.4) is 0 Å². The molecule has 1 aliphatic carbocycles. The number of hydrogen-bond acceptors (Lipinski definition) is 4. The standard InChI is InChI=1S/C17H23N3O2/c1-10(2)15-13-8-12(9-18-17(13)22-20-15)16(21)19-14-7-5-4-6-11(14)3/h8-11,14H,4-7H2,1-3H3,(H,19,21)/t11-,14-/m1/s1. The van der Waals surface area contributed by atoms with Crippen molar-refractivity contribution in [3.8, 4) is 0 Å². The monoisotopic (exact) mass is 301 g/mol. The summed E-state index contributed by atoms with van der Waals surface area (Å²) in [4.78, 5) is 16.7. The van der Waals surface area contributed by atoms with Crippen molar-refractivity contribution in [3.05, 3.63) is 23.5 Å². The van der Waals surface area contributed by atoms with Gasteiger partial charge in [0.2, 0.25) is 0 Å². The highest BCUT2D eigenvalue weighted by molar-refractivity contribution is 5.97. The topological polar surface area (TPSA) is 68.0 Å². The molecule has 2 aromatic heterocycles. The lowest BCUT2D eigenvalue weighted by Gasteiger charge is -2.29. The first-order chi connectivity index (χ1) is 10.6. The largest absolute Gasteiger partial charge is 0.349 e. The summed E-state index contributed by atoms with van der Waals surface area (Å²) in [5.74, 6) is 0.722. The molecular formula is C17H23N3O2. The van der Waals surface area contributed by atoms with E-state index in [1.54, 1.807) is 6.20 Å². The van der Waals surface area contributed by atoms with Crippen LogP contribution in [0.2, 0.25) is 0 Å². The van der Waals surface area contributed by atoms with Crippen LogP contribution in [-0.2, 0) is 0 Å². The summed E-state index contributed by atoms with van der Waals surface area (Å²) in [5, 5.41) is 8.05. The molecular weight excluding hydrogens is 278 g/mol. The van der Waals surface area contributed by atoms with E-state index in [0.29, 0.717) is 17.2 Å². The molecule has 1 aliphatic rings. The number of nitrogens with zero attached hydrogens (tertiary/aromatic N) is 2. The number of carbonyl (C=O) groups excluding carboxylic acids is 1. The van der Waals surface area contributed by atoms with Crippen molar-refractivity contribution >= 4 is 17.0 Å². The highest BCUT2D eigenvalue weighted by atomic mass is 16.5. The SMILES string of the molecule is CC(C)c1noc2ncc(C(=O)N[C@@H]3CCCC[C@H]3C)cc12. The molecule has 0 unspecified atom stereocenters. The second-order valence-electron chi connectivity index (χ2n) is 6.64. The van der Waals surface area contributed by atoms with Crippen LogP contribution in [0.15, 0.2) is 16.8 Å². The van der Waals surface area contributed by atoms with Gasteiger partial charge in [0.1, 0.15) is 0 Å². The van der Waals surface area contributed by atoms with Gasteiger partial charge in [-0.05, 0) is 30.7 Å². The van der Waals surface area contributed by atoms with Crippen LogP contribution in [0.5, 0.6) is 0 Å². The Bertz CT molecular complexity index is 678. The number of hydrogen-bond donors (Lipinski definition) is 1. The Morgan fingerprint density at radius 2 is 2.14 bits per heavy atom. The Morgan fingerprint density at radius 3 is 2.86 bits per heavy atom. The Hall–Kier alpha value is -1.91. The van der Waals surface area contributed by atoms with Crippen molar-refractivity contribution < 1.29 is 9.32 Å². The van der Waals surface area contributed by atoms with E-state index >= 15 is 0 Å². The number of pyridine rings is 1. The van der Waals surface area contributed by atoms with Crippen molar-refractivity contribution in [2.45, 2.75) is 58.4 Å². The third kappa shape index (κ3) is 2.85. The molecule has 0 aliphatic heterocycles. The zero-order valence-corrected chi connectivity index (χ0v) is 13.4. The molecule has 3 rings (SSSR count). The summed E-state index contributed by atoms with van der Waals surface area (Å²) in [6.07, 6.45) is 6.27. The minimum Gasteiger partial charge on any atom is -0.349 e. The van der Waals surface area contributed by atoms with Crippen LogP contribution >= 0.6 is 0 Å². The van der Waals surface area contributed by atoms with Gasteiger partial charge in [0.15, 0.2) is 0 Å². The molecule has 0 aromatic carbocycles. The molecule has 0 radical (unpaired) electrons. The molecule has 1 amide bonds. The highest BCUT2D eigenvalue weighted by Gasteiger charge is 2.24. The van der Waals surface area contributed by atoms with Gasteiger partial charge in [0.25, 0.3) is 11.6 Å². The summed E-state index contributed by atoms with van der Waals surface area (Å²) < 4.78 is 5.22. The minimum absolute atomic E-state index is 0.0518. The fraction of sp³-hybridized carbons (Fsp3) is 0.588. The van der Waals surface area contributed by atoms with E-state index in [4.69, 9.17) is 4.52 Å².